The van der Waals surface area contributed by atoms with Gasteiger partial charge in [-0.25, -0.2) is 4.79 Å². The molecule has 0 unspecified atom stereocenters. The van der Waals surface area contributed by atoms with Crippen LogP contribution < -0.4 is 0 Å². The number of carbonyl (C=O) groups is 2. The Morgan fingerprint density at radius 3 is 2.58 bits per heavy atom. The highest BCUT2D eigenvalue weighted by molar-refractivity contribution is 7.22. The molecule has 130 valence electrons. The molecule has 0 aliphatic heterocycles. The van der Waals surface area contributed by atoms with Crippen molar-refractivity contribution in [2.24, 2.45) is 0 Å². The van der Waals surface area contributed by atoms with Gasteiger partial charge in [-0.15, -0.1) is 11.3 Å². The van der Waals surface area contributed by atoms with E-state index in [9.17, 15) is 14.7 Å². The molecule has 3 heterocycles. The van der Waals surface area contributed by atoms with Crippen LogP contribution in [0.3, 0.4) is 0 Å². The number of benzene rings is 1. The molecule has 0 aliphatic carbocycles. The number of aromatic hydroxyl groups is 1. The van der Waals surface area contributed by atoms with Crippen LogP contribution in [-0.2, 0) is 4.74 Å². The third-order valence-electron chi connectivity index (χ3n) is 4.16. The van der Waals surface area contributed by atoms with E-state index in [0.717, 1.165) is 11.3 Å². The second-order valence-electron chi connectivity index (χ2n) is 5.70. The first-order valence-corrected chi connectivity index (χ1v) is 8.96. The lowest BCUT2D eigenvalue weighted by molar-refractivity contribution is 0.0531. The number of rotatable bonds is 4. The number of fused-ring (bicyclic) bond motifs is 3. The van der Waals surface area contributed by atoms with Gasteiger partial charge in [-0.05, 0) is 19.1 Å². The van der Waals surface area contributed by atoms with E-state index in [1.54, 1.807) is 53.9 Å². The molecule has 0 bridgehead atoms. The zero-order valence-corrected chi connectivity index (χ0v) is 14.7. The lowest BCUT2D eigenvalue weighted by Crippen LogP contribution is -2.04. The average molecular weight is 365 g/mol. The van der Waals surface area contributed by atoms with Gasteiger partial charge in [-0.1, -0.05) is 36.4 Å². The zero-order chi connectivity index (χ0) is 18.3. The molecule has 0 saturated heterocycles. The fourth-order valence-electron chi connectivity index (χ4n) is 3.04. The molecule has 3 aromatic heterocycles. The van der Waals surface area contributed by atoms with Crippen LogP contribution in [0.5, 0.6) is 5.75 Å². The predicted octanol–water partition coefficient (Wildman–Crippen LogP) is 4.27. The monoisotopic (exact) mass is 365 g/mol. The van der Waals surface area contributed by atoms with Crippen molar-refractivity contribution in [2.45, 2.75) is 6.92 Å². The zero-order valence-electron chi connectivity index (χ0n) is 13.9. The smallest absolute Gasteiger partial charge is 0.341 e. The molecule has 1 N–H and O–H groups in total. The Hall–Kier alpha value is -3.12. The molecule has 4 rings (SSSR count). The maximum atomic E-state index is 12.8. The molecule has 0 fully saturated rings. The third-order valence-corrected chi connectivity index (χ3v) is 5.35. The molecule has 0 aliphatic rings. The van der Waals surface area contributed by atoms with Crippen LogP contribution in [0.1, 0.15) is 32.5 Å². The molecule has 0 radical (unpaired) electrons. The first-order chi connectivity index (χ1) is 12.6. The van der Waals surface area contributed by atoms with E-state index in [-0.39, 0.29) is 23.0 Å². The molecule has 5 nitrogen and oxygen atoms in total. The van der Waals surface area contributed by atoms with Gasteiger partial charge in [0, 0.05) is 11.8 Å². The van der Waals surface area contributed by atoms with Crippen LogP contribution in [0.4, 0.5) is 0 Å². The second-order valence-corrected chi connectivity index (χ2v) is 6.72. The molecule has 0 atom stereocenters. The summed E-state index contributed by atoms with van der Waals surface area (Å²) < 4.78 is 7.45. The maximum absolute atomic E-state index is 12.8. The highest BCUT2D eigenvalue weighted by atomic mass is 32.1. The van der Waals surface area contributed by atoms with E-state index < -0.39 is 5.97 Å². The van der Waals surface area contributed by atoms with Gasteiger partial charge in [-0.2, -0.15) is 0 Å². The number of hydrogen-bond acceptors (Lipinski definition) is 5. The SMILES string of the molecule is CCOC(=O)c1c2sc(C(=O)c3ccccc3)c(O)c2n2ccccc12. The van der Waals surface area contributed by atoms with Crippen molar-refractivity contribution in [3.8, 4) is 5.75 Å². The molecule has 26 heavy (non-hydrogen) atoms. The number of aromatic nitrogens is 1. The lowest BCUT2D eigenvalue weighted by atomic mass is 10.1. The van der Waals surface area contributed by atoms with Crippen molar-refractivity contribution in [1.29, 1.82) is 0 Å². The maximum Gasteiger partial charge on any atom is 0.341 e. The normalized spacial score (nSPS) is 11.1. The number of thiophene rings is 1. The number of nitrogens with zero attached hydrogens (tertiary/aromatic N) is 1. The summed E-state index contributed by atoms with van der Waals surface area (Å²) in [7, 11) is 0. The van der Waals surface area contributed by atoms with Crippen molar-refractivity contribution >= 4 is 38.8 Å². The first-order valence-electron chi connectivity index (χ1n) is 8.14. The van der Waals surface area contributed by atoms with Gasteiger partial charge in [-0.3, -0.25) is 4.79 Å². The summed E-state index contributed by atoms with van der Waals surface area (Å²) >= 11 is 1.11. The molecule has 0 amide bonds. The van der Waals surface area contributed by atoms with Crippen LogP contribution >= 0.6 is 11.3 Å². The molecular formula is C20H15NO4S. The Morgan fingerprint density at radius 1 is 1.12 bits per heavy atom. The van der Waals surface area contributed by atoms with Gasteiger partial charge in [0.25, 0.3) is 0 Å². The number of pyridine rings is 1. The summed E-state index contributed by atoms with van der Waals surface area (Å²) in [5.74, 6) is -0.856. The van der Waals surface area contributed by atoms with E-state index in [4.69, 9.17) is 4.74 Å². The lowest BCUT2D eigenvalue weighted by Gasteiger charge is -2.02. The number of ketones is 1. The molecule has 0 spiro atoms. The van der Waals surface area contributed by atoms with Crippen molar-refractivity contribution < 1.29 is 19.4 Å². The minimum atomic E-state index is -0.467. The summed E-state index contributed by atoms with van der Waals surface area (Å²) in [5, 5.41) is 10.8. The van der Waals surface area contributed by atoms with Gasteiger partial charge < -0.3 is 14.2 Å². The number of esters is 1. The Labute approximate surface area is 153 Å². The van der Waals surface area contributed by atoms with E-state index >= 15 is 0 Å². The average Bonchev–Trinajstić information content (AvgIpc) is 3.16. The number of carbonyl (C=O) groups excluding carboxylic acids is 2. The number of ether oxygens (including phenoxy) is 1. The number of hydrogen-bond donors (Lipinski definition) is 1. The Morgan fingerprint density at radius 2 is 1.85 bits per heavy atom. The van der Waals surface area contributed by atoms with Gasteiger partial charge in [0.2, 0.25) is 5.78 Å². The quantitative estimate of drug-likeness (QED) is 0.433. The first kappa shape index (κ1) is 16.4. The van der Waals surface area contributed by atoms with Gasteiger partial charge in [0.1, 0.15) is 16.0 Å². The standard InChI is InChI=1S/C20H15NO4S/c1-2-25-20(24)14-13-10-6-7-11-21(13)15-17(23)19(26-18(14)15)16(22)12-8-4-3-5-9-12/h3-11,23H,2H2,1H3. The van der Waals surface area contributed by atoms with E-state index in [0.29, 0.717) is 26.9 Å². The molecular weight excluding hydrogens is 350 g/mol. The topological polar surface area (TPSA) is 68.0 Å². The van der Waals surface area contributed by atoms with Crippen molar-refractivity contribution in [1.82, 2.24) is 4.40 Å². The summed E-state index contributed by atoms with van der Waals surface area (Å²) in [6, 6.07) is 14.2. The van der Waals surface area contributed by atoms with Crippen LogP contribution in [-0.4, -0.2) is 27.9 Å². The van der Waals surface area contributed by atoms with E-state index in [1.165, 1.54) is 0 Å². The molecule has 0 saturated carbocycles. The van der Waals surface area contributed by atoms with E-state index in [2.05, 4.69) is 0 Å². The van der Waals surface area contributed by atoms with Crippen LogP contribution in [0.25, 0.3) is 15.7 Å². The van der Waals surface area contributed by atoms with Gasteiger partial charge in [0.15, 0.2) is 5.75 Å². The fourth-order valence-corrected chi connectivity index (χ4v) is 4.23. The Bertz CT molecular complexity index is 1140. The van der Waals surface area contributed by atoms with Crippen LogP contribution in [0, 0.1) is 0 Å². The van der Waals surface area contributed by atoms with E-state index in [1.807, 2.05) is 12.1 Å². The van der Waals surface area contributed by atoms with Crippen molar-refractivity contribution in [2.75, 3.05) is 6.61 Å². The molecule has 1 aromatic carbocycles. The summed E-state index contributed by atoms with van der Waals surface area (Å²) in [6.45, 7) is 1.99. The predicted molar refractivity (Wildman–Crippen MR) is 100 cm³/mol. The third kappa shape index (κ3) is 2.38. The van der Waals surface area contributed by atoms with Gasteiger partial charge >= 0.3 is 5.97 Å². The largest absolute Gasteiger partial charge is 0.504 e. The highest BCUT2D eigenvalue weighted by Gasteiger charge is 2.28. The second kappa shape index (κ2) is 6.31. The summed E-state index contributed by atoms with van der Waals surface area (Å²) in [4.78, 5) is 25.5. The Kier molecular flexibility index (Phi) is 3.97. The van der Waals surface area contributed by atoms with Crippen LogP contribution in [0.2, 0.25) is 0 Å². The van der Waals surface area contributed by atoms with Gasteiger partial charge in [0.05, 0.1) is 16.8 Å². The highest BCUT2D eigenvalue weighted by Crippen LogP contribution is 2.43. The summed E-state index contributed by atoms with van der Waals surface area (Å²) in [6.07, 6.45) is 1.75. The van der Waals surface area contributed by atoms with Crippen molar-refractivity contribution in [3.05, 3.63) is 70.7 Å². The van der Waals surface area contributed by atoms with Crippen LogP contribution in [0.15, 0.2) is 54.7 Å². The fraction of sp³-hybridized carbons (Fsp3) is 0.100. The summed E-state index contributed by atoms with van der Waals surface area (Å²) in [5.41, 5.74) is 1.95. The molecule has 6 heteroatoms. The molecule has 4 aromatic rings. The van der Waals surface area contributed by atoms with Crippen molar-refractivity contribution in [3.63, 3.8) is 0 Å². The Balaban J connectivity index is 1.99. The minimum Gasteiger partial charge on any atom is -0.504 e. The minimum absolute atomic E-state index is 0.115.